The molecule has 0 saturated carbocycles. The Morgan fingerprint density at radius 3 is 2.40 bits per heavy atom. The Bertz CT molecular complexity index is 1930. The minimum absolute atomic E-state index is 0.0348. The van der Waals surface area contributed by atoms with Gasteiger partial charge in [0.05, 0.1) is 23.2 Å². The van der Waals surface area contributed by atoms with E-state index in [9.17, 15) is 0 Å². The van der Waals surface area contributed by atoms with Crippen LogP contribution >= 0.6 is 0 Å². The highest BCUT2D eigenvalue weighted by atomic mass is 15.2. The van der Waals surface area contributed by atoms with Crippen LogP contribution in [-0.2, 0) is 5.41 Å². The zero-order chi connectivity index (χ0) is 28.4. The highest BCUT2D eigenvalue weighted by Gasteiger charge is 2.43. The van der Waals surface area contributed by atoms with Crippen LogP contribution in [0.15, 0.2) is 133 Å². The number of nitrogens with zero attached hydrogens (tertiary/aromatic N) is 2. The van der Waals surface area contributed by atoms with Crippen molar-refractivity contribution in [3.05, 3.63) is 161 Å². The van der Waals surface area contributed by atoms with Gasteiger partial charge in [0.1, 0.15) is 0 Å². The van der Waals surface area contributed by atoms with Gasteiger partial charge in [-0.05, 0) is 57.2 Å². The molecular formula is C39H31N3. The molecule has 0 fully saturated rings. The number of hydrogen-bond acceptors (Lipinski definition) is 3. The van der Waals surface area contributed by atoms with Gasteiger partial charge in [0.15, 0.2) is 0 Å². The van der Waals surface area contributed by atoms with Gasteiger partial charge in [0.2, 0.25) is 0 Å². The molecule has 0 bridgehead atoms. The molecule has 4 aromatic carbocycles. The monoisotopic (exact) mass is 541 g/mol. The second kappa shape index (κ2) is 9.25. The van der Waals surface area contributed by atoms with Crippen molar-refractivity contribution in [3.8, 4) is 11.1 Å². The van der Waals surface area contributed by atoms with Crippen LogP contribution < -0.4 is 4.90 Å². The Kier molecular flexibility index (Phi) is 5.45. The highest BCUT2D eigenvalue weighted by Crippen LogP contribution is 2.57. The molecule has 42 heavy (non-hydrogen) atoms. The van der Waals surface area contributed by atoms with Gasteiger partial charge >= 0.3 is 0 Å². The molecule has 2 atom stereocenters. The molecule has 0 saturated heterocycles. The Labute approximate surface area is 247 Å². The lowest BCUT2D eigenvalue weighted by Gasteiger charge is -2.33. The lowest BCUT2D eigenvalue weighted by Crippen LogP contribution is -2.24. The summed E-state index contributed by atoms with van der Waals surface area (Å²) in [7, 11) is 0. The van der Waals surface area contributed by atoms with E-state index in [-0.39, 0.29) is 17.4 Å². The van der Waals surface area contributed by atoms with Crippen LogP contribution in [0.25, 0.3) is 22.9 Å². The van der Waals surface area contributed by atoms with Gasteiger partial charge in [0.25, 0.3) is 0 Å². The zero-order valence-corrected chi connectivity index (χ0v) is 23.8. The smallest absolute Gasteiger partial charge is 0.0887 e. The molecule has 4 aromatic rings. The summed E-state index contributed by atoms with van der Waals surface area (Å²) in [5.41, 5.74) is 13.6. The standard InChI is InChI=1S/C39H31N3/c1-39(2)31-16-8-6-15-30(31)37-27-20-21-28-26-14-7-11-19-36(26)42(38(28)29(27)22-23-32(37)39)24-35(25-12-4-3-5-13-25)41-34-18-10-9-17-33(34)40/h3-24,28,38,40H,1-2H3/b35-24+,40-33?,41-34?. The Balaban J connectivity index is 1.34. The fourth-order valence-electron chi connectivity index (χ4n) is 7.28. The molecule has 3 heteroatoms. The van der Waals surface area contributed by atoms with Crippen LogP contribution in [0.1, 0.15) is 59.2 Å². The van der Waals surface area contributed by atoms with Gasteiger partial charge in [0, 0.05) is 28.8 Å². The third-order valence-electron chi connectivity index (χ3n) is 9.30. The number of allylic oxidation sites excluding steroid dienone is 4. The van der Waals surface area contributed by atoms with Crippen molar-refractivity contribution in [1.82, 2.24) is 0 Å². The third-order valence-corrected chi connectivity index (χ3v) is 9.30. The highest BCUT2D eigenvalue weighted by molar-refractivity contribution is 6.50. The molecule has 1 aliphatic heterocycles. The predicted molar refractivity (Wildman–Crippen MR) is 175 cm³/mol. The molecule has 2 unspecified atom stereocenters. The first-order valence-corrected chi connectivity index (χ1v) is 14.6. The van der Waals surface area contributed by atoms with Gasteiger partial charge in [-0.2, -0.15) is 0 Å². The maximum atomic E-state index is 8.49. The Morgan fingerprint density at radius 1 is 0.786 bits per heavy atom. The normalized spacial score (nSPS) is 21.7. The van der Waals surface area contributed by atoms with Gasteiger partial charge in [-0.1, -0.05) is 123 Å². The molecule has 8 rings (SSSR count). The number of aliphatic imine (C=N–C) groups is 1. The maximum absolute atomic E-state index is 8.49. The quantitative estimate of drug-likeness (QED) is 0.258. The molecule has 1 heterocycles. The van der Waals surface area contributed by atoms with Crippen molar-refractivity contribution in [3.63, 3.8) is 0 Å². The van der Waals surface area contributed by atoms with Crippen molar-refractivity contribution in [2.45, 2.75) is 31.2 Å². The SMILES string of the molecule is CC1(C)c2ccccc2-c2c1ccc1c2C=CC2c3ccccc3N(/C=C(/N=C3C=CC=CC3=N)c3ccccc3)C12. The first kappa shape index (κ1) is 24.8. The van der Waals surface area contributed by atoms with Gasteiger partial charge in [-0.15, -0.1) is 0 Å². The molecule has 0 radical (unpaired) electrons. The van der Waals surface area contributed by atoms with Crippen LogP contribution in [0.2, 0.25) is 0 Å². The van der Waals surface area contributed by atoms with Crippen molar-refractivity contribution in [2.24, 2.45) is 4.99 Å². The number of anilines is 1. The van der Waals surface area contributed by atoms with Crippen LogP contribution in [0.4, 0.5) is 5.69 Å². The molecule has 3 nitrogen and oxygen atoms in total. The van der Waals surface area contributed by atoms with E-state index in [1.54, 1.807) is 6.08 Å². The summed E-state index contributed by atoms with van der Waals surface area (Å²) < 4.78 is 0. The van der Waals surface area contributed by atoms with E-state index in [1.165, 1.54) is 44.6 Å². The largest absolute Gasteiger partial charge is 0.337 e. The zero-order valence-electron chi connectivity index (χ0n) is 23.8. The van der Waals surface area contributed by atoms with Crippen molar-refractivity contribution >= 4 is 28.9 Å². The first-order chi connectivity index (χ1) is 20.5. The number of fused-ring (bicyclic) bond motifs is 9. The molecule has 0 amide bonds. The number of benzene rings is 4. The summed E-state index contributed by atoms with van der Waals surface area (Å²) in [5.74, 6) is 0.230. The minimum atomic E-state index is -0.0348. The predicted octanol–water partition coefficient (Wildman–Crippen LogP) is 9.25. The average Bonchev–Trinajstić information content (AvgIpc) is 3.47. The summed E-state index contributed by atoms with van der Waals surface area (Å²) in [5, 5.41) is 8.49. The second-order valence-corrected chi connectivity index (χ2v) is 12.0. The molecule has 1 N–H and O–H groups in total. The molecule has 0 spiro atoms. The van der Waals surface area contributed by atoms with E-state index in [4.69, 9.17) is 10.4 Å². The van der Waals surface area contributed by atoms with E-state index in [0.29, 0.717) is 11.4 Å². The lowest BCUT2D eigenvalue weighted by atomic mass is 9.78. The number of para-hydroxylation sites is 1. The minimum Gasteiger partial charge on any atom is -0.337 e. The fourth-order valence-corrected chi connectivity index (χ4v) is 7.28. The molecule has 202 valence electrons. The van der Waals surface area contributed by atoms with Crippen LogP contribution in [-0.4, -0.2) is 11.4 Å². The summed E-state index contributed by atoms with van der Waals surface area (Å²) >= 11 is 0. The summed E-state index contributed by atoms with van der Waals surface area (Å²) in [6.45, 7) is 4.69. The van der Waals surface area contributed by atoms with Crippen LogP contribution in [0.5, 0.6) is 0 Å². The van der Waals surface area contributed by atoms with E-state index in [2.05, 4.69) is 110 Å². The van der Waals surface area contributed by atoms with E-state index >= 15 is 0 Å². The number of hydrogen-bond donors (Lipinski definition) is 1. The Hall–Kier alpha value is -5.02. The van der Waals surface area contributed by atoms with Gasteiger partial charge < -0.3 is 4.90 Å². The molecule has 3 aliphatic carbocycles. The van der Waals surface area contributed by atoms with Crippen LogP contribution in [0, 0.1) is 5.41 Å². The third kappa shape index (κ3) is 3.60. The number of nitrogens with one attached hydrogen (secondary N) is 1. The summed E-state index contributed by atoms with van der Waals surface area (Å²) in [6.07, 6.45) is 14.5. The van der Waals surface area contributed by atoms with Gasteiger partial charge in [-0.3, -0.25) is 5.41 Å². The topological polar surface area (TPSA) is 39.5 Å². The number of rotatable bonds is 3. The van der Waals surface area contributed by atoms with E-state index in [0.717, 1.165) is 11.3 Å². The van der Waals surface area contributed by atoms with E-state index < -0.39 is 0 Å². The van der Waals surface area contributed by atoms with E-state index in [1.807, 2.05) is 36.4 Å². The molecule has 0 aromatic heterocycles. The van der Waals surface area contributed by atoms with Crippen LogP contribution in [0.3, 0.4) is 0 Å². The van der Waals surface area contributed by atoms with Gasteiger partial charge in [-0.25, -0.2) is 4.99 Å². The van der Waals surface area contributed by atoms with Crippen molar-refractivity contribution < 1.29 is 0 Å². The molecule has 4 aliphatic rings. The van der Waals surface area contributed by atoms with Crippen molar-refractivity contribution in [2.75, 3.05) is 4.90 Å². The summed E-state index contributed by atoms with van der Waals surface area (Å²) in [4.78, 5) is 7.51. The summed E-state index contributed by atoms with van der Waals surface area (Å²) in [6, 6.07) is 32.8. The maximum Gasteiger partial charge on any atom is 0.0887 e. The Morgan fingerprint density at radius 2 is 1.55 bits per heavy atom. The first-order valence-electron chi connectivity index (χ1n) is 14.6. The average molecular weight is 542 g/mol. The second-order valence-electron chi connectivity index (χ2n) is 12.0. The fraction of sp³-hybridized carbons (Fsp3) is 0.128. The van der Waals surface area contributed by atoms with Crippen molar-refractivity contribution in [1.29, 1.82) is 5.41 Å². The molecular weight excluding hydrogens is 510 g/mol. The lowest BCUT2D eigenvalue weighted by molar-refractivity contribution is 0.650.